The number of nitrogens with one attached hydrogen (secondary N) is 1. The molecular weight excluding hydrogens is 250 g/mol. The van der Waals surface area contributed by atoms with Crippen LogP contribution in [0.3, 0.4) is 0 Å². The van der Waals surface area contributed by atoms with Crippen LogP contribution in [-0.2, 0) is 11.2 Å². The van der Waals surface area contributed by atoms with Crippen LogP contribution in [0.5, 0.6) is 5.75 Å². The Morgan fingerprint density at radius 3 is 2.65 bits per heavy atom. The van der Waals surface area contributed by atoms with Crippen molar-refractivity contribution in [1.29, 1.82) is 0 Å². The van der Waals surface area contributed by atoms with Crippen LogP contribution < -0.4 is 10.1 Å². The van der Waals surface area contributed by atoms with Gasteiger partial charge in [0, 0.05) is 12.6 Å². The highest BCUT2D eigenvalue weighted by molar-refractivity contribution is 5.27. The molecule has 3 heteroatoms. The van der Waals surface area contributed by atoms with Crippen LogP contribution in [0, 0.1) is 5.92 Å². The van der Waals surface area contributed by atoms with E-state index in [0.29, 0.717) is 18.1 Å². The highest BCUT2D eigenvalue weighted by atomic mass is 16.5. The van der Waals surface area contributed by atoms with Crippen molar-refractivity contribution in [3.63, 3.8) is 0 Å². The first-order chi connectivity index (χ1) is 9.74. The van der Waals surface area contributed by atoms with E-state index in [9.17, 15) is 0 Å². The summed E-state index contributed by atoms with van der Waals surface area (Å²) < 4.78 is 11.1. The van der Waals surface area contributed by atoms with Crippen molar-refractivity contribution in [2.45, 2.75) is 45.3 Å². The maximum absolute atomic E-state index is 5.92. The van der Waals surface area contributed by atoms with Gasteiger partial charge in [0.05, 0.1) is 13.2 Å². The van der Waals surface area contributed by atoms with Crippen LogP contribution in [0.1, 0.15) is 32.3 Å². The van der Waals surface area contributed by atoms with E-state index in [4.69, 9.17) is 9.47 Å². The first-order valence-electron chi connectivity index (χ1n) is 7.72. The fourth-order valence-electron chi connectivity index (χ4n) is 2.99. The number of aryl methyl sites for hydroxylation is 1. The van der Waals surface area contributed by atoms with Gasteiger partial charge in [-0.05, 0) is 49.4 Å². The number of rotatable bonds is 7. The normalized spacial score (nSPS) is 23.8. The van der Waals surface area contributed by atoms with Crippen molar-refractivity contribution < 1.29 is 9.47 Å². The van der Waals surface area contributed by atoms with Gasteiger partial charge in [-0.1, -0.05) is 26.0 Å². The third-order valence-electron chi connectivity index (χ3n) is 4.21. The molecule has 1 saturated heterocycles. The first-order valence-corrected chi connectivity index (χ1v) is 7.72. The summed E-state index contributed by atoms with van der Waals surface area (Å²) >= 11 is 0. The fraction of sp³-hybridized carbons (Fsp3) is 0.647. The van der Waals surface area contributed by atoms with Crippen molar-refractivity contribution >= 4 is 0 Å². The predicted octanol–water partition coefficient (Wildman–Crippen LogP) is 3.03. The molecule has 0 amide bonds. The van der Waals surface area contributed by atoms with Crippen LogP contribution in [0.4, 0.5) is 0 Å². The molecular formula is C17H27NO2. The SMILES string of the molecule is CCNC(CCc1ccc(OC)cc1)C1OCCC1C. The molecule has 1 aromatic carbocycles. The van der Waals surface area contributed by atoms with Gasteiger partial charge in [-0.3, -0.25) is 0 Å². The largest absolute Gasteiger partial charge is 0.497 e. The highest BCUT2D eigenvalue weighted by Gasteiger charge is 2.31. The number of ether oxygens (including phenoxy) is 2. The summed E-state index contributed by atoms with van der Waals surface area (Å²) in [5.41, 5.74) is 1.36. The molecule has 0 aromatic heterocycles. The molecule has 1 heterocycles. The lowest BCUT2D eigenvalue weighted by atomic mass is 9.93. The van der Waals surface area contributed by atoms with E-state index in [0.717, 1.165) is 31.7 Å². The Morgan fingerprint density at radius 2 is 2.10 bits per heavy atom. The van der Waals surface area contributed by atoms with E-state index in [1.54, 1.807) is 7.11 Å². The van der Waals surface area contributed by atoms with Gasteiger partial charge in [-0.25, -0.2) is 0 Å². The number of likely N-dealkylation sites (N-methyl/N-ethyl adjacent to an activating group) is 1. The van der Waals surface area contributed by atoms with Crippen LogP contribution in [0.2, 0.25) is 0 Å². The number of benzene rings is 1. The molecule has 1 fully saturated rings. The molecule has 1 aromatic rings. The molecule has 3 atom stereocenters. The van der Waals surface area contributed by atoms with Crippen molar-refractivity contribution in [1.82, 2.24) is 5.32 Å². The minimum absolute atomic E-state index is 0.369. The van der Waals surface area contributed by atoms with Crippen LogP contribution in [0.25, 0.3) is 0 Å². The van der Waals surface area contributed by atoms with Gasteiger partial charge in [0.25, 0.3) is 0 Å². The Kier molecular flexibility index (Phi) is 5.86. The van der Waals surface area contributed by atoms with Gasteiger partial charge in [-0.2, -0.15) is 0 Å². The molecule has 0 aliphatic carbocycles. The van der Waals surface area contributed by atoms with Crippen LogP contribution >= 0.6 is 0 Å². The molecule has 3 unspecified atom stereocenters. The molecule has 112 valence electrons. The maximum atomic E-state index is 5.92. The second kappa shape index (κ2) is 7.65. The van der Waals surface area contributed by atoms with Crippen molar-refractivity contribution in [2.24, 2.45) is 5.92 Å². The zero-order chi connectivity index (χ0) is 14.4. The zero-order valence-electron chi connectivity index (χ0n) is 12.9. The predicted molar refractivity (Wildman–Crippen MR) is 82.3 cm³/mol. The summed E-state index contributed by atoms with van der Waals surface area (Å²) in [5.74, 6) is 1.58. The molecule has 0 bridgehead atoms. The zero-order valence-corrected chi connectivity index (χ0v) is 12.9. The Balaban J connectivity index is 1.90. The highest BCUT2D eigenvalue weighted by Crippen LogP contribution is 2.25. The molecule has 20 heavy (non-hydrogen) atoms. The van der Waals surface area contributed by atoms with Crippen LogP contribution in [0.15, 0.2) is 24.3 Å². The van der Waals surface area contributed by atoms with Gasteiger partial charge in [0.1, 0.15) is 5.75 Å². The van der Waals surface area contributed by atoms with Gasteiger partial charge in [0.2, 0.25) is 0 Å². The Labute approximate surface area is 122 Å². The maximum Gasteiger partial charge on any atom is 0.118 e. The average molecular weight is 277 g/mol. The smallest absolute Gasteiger partial charge is 0.118 e. The van der Waals surface area contributed by atoms with E-state index in [2.05, 4.69) is 31.3 Å². The minimum atomic E-state index is 0.369. The average Bonchev–Trinajstić information content (AvgIpc) is 2.90. The number of hydrogen-bond acceptors (Lipinski definition) is 3. The molecule has 0 spiro atoms. The summed E-state index contributed by atoms with van der Waals surface area (Å²) in [6.45, 7) is 6.38. The molecule has 1 N–H and O–H groups in total. The van der Waals surface area contributed by atoms with Gasteiger partial charge >= 0.3 is 0 Å². The summed E-state index contributed by atoms with van der Waals surface area (Å²) in [6.07, 6.45) is 3.76. The van der Waals surface area contributed by atoms with Gasteiger partial charge in [-0.15, -0.1) is 0 Å². The lowest BCUT2D eigenvalue weighted by molar-refractivity contribution is 0.0588. The quantitative estimate of drug-likeness (QED) is 0.831. The second-order valence-electron chi connectivity index (χ2n) is 5.65. The van der Waals surface area contributed by atoms with Gasteiger partial charge < -0.3 is 14.8 Å². The van der Waals surface area contributed by atoms with E-state index in [1.807, 2.05) is 12.1 Å². The first kappa shape index (κ1) is 15.3. The van der Waals surface area contributed by atoms with E-state index in [1.165, 1.54) is 12.0 Å². The summed E-state index contributed by atoms with van der Waals surface area (Å²) in [4.78, 5) is 0. The molecule has 1 aliphatic rings. The van der Waals surface area contributed by atoms with Crippen molar-refractivity contribution in [3.05, 3.63) is 29.8 Å². The monoisotopic (exact) mass is 277 g/mol. The molecule has 3 nitrogen and oxygen atoms in total. The third kappa shape index (κ3) is 3.97. The topological polar surface area (TPSA) is 30.5 Å². The Bertz CT molecular complexity index is 390. The van der Waals surface area contributed by atoms with E-state index >= 15 is 0 Å². The Hall–Kier alpha value is -1.06. The lowest BCUT2D eigenvalue weighted by Gasteiger charge is -2.27. The molecule has 0 saturated carbocycles. The summed E-state index contributed by atoms with van der Waals surface area (Å²) in [5, 5.41) is 3.60. The third-order valence-corrected chi connectivity index (χ3v) is 4.21. The van der Waals surface area contributed by atoms with Gasteiger partial charge in [0.15, 0.2) is 0 Å². The summed E-state index contributed by atoms with van der Waals surface area (Å²) in [7, 11) is 1.70. The number of methoxy groups -OCH3 is 1. The lowest BCUT2D eigenvalue weighted by Crippen LogP contribution is -2.42. The van der Waals surface area contributed by atoms with E-state index in [-0.39, 0.29) is 0 Å². The molecule has 1 aliphatic heterocycles. The number of hydrogen-bond donors (Lipinski definition) is 1. The van der Waals surface area contributed by atoms with E-state index < -0.39 is 0 Å². The fourth-order valence-corrected chi connectivity index (χ4v) is 2.99. The second-order valence-corrected chi connectivity index (χ2v) is 5.65. The molecule has 2 rings (SSSR count). The molecule has 0 radical (unpaired) electrons. The van der Waals surface area contributed by atoms with Crippen LogP contribution in [-0.4, -0.2) is 32.4 Å². The minimum Gasteiger partial charge on any atom is -0.497 e. The van der Waals surface area contributed by atoms with Crippen molar-refractivity contribution in [3.8, 4) is 5.75 Å². The Morgan fingerprint density at radius 1 is 1.35 bits per heavy atom. The standard InChI is InChI=1S/C17H27NO2/c1-4-18-16(17-13(2)11-12-20-17)10-7-14-5-8-15(19-3)9-6-14/h5-6,8-9,13,16-18H,4,7,10-12H2,1-3H3. The summed E-state index contributed by atoms with van der Waals surface area (Å²) in [6, 6.07) is 8.83. The van der Waals surface area contributed by atoms with Crippen molar-refractivity contribution in [2.75, 3.05) is 20.3 Å².